The van der Waals surface area contributed by atoms with Crippen LogP contribution in [0.5, 0.6) is 0 Å². The summed E-state index contributed by atoms with van der Waals surface area (Å²) in [6.45, 7) is 5.39. The van der Waals surface area contributed by atoms with Crippen LogP contribution in [0.4, 0.5) is 4.79 Å². The Morgan fingerprint density at radius 1 is 1.32 bits per heavy atom. The molecule has 1 N–H and O–H groups in total. The number of rotatable bonds is 1. The molecule has 1 amide bonds. The maximum absolute atomic E-state index is 12.3. The molecule has 3 rings (SSSR count). The maximum atomic E-state index is 12.3. The summed E-state index contributed by atoms with van der Waals surface area (Å²) in [6.07, 6.45) is 1.20. The van der Waals surface area contributed by atoms with Gasteiger partial charge in [-0.25, -0.2) is 4.79 Å². The van der Waals surface area contributed by atoms with Crippen LogP contribution in [0.15, 0.2) is 0 Å². The zero-order valence-corrected chi connectivity index (χ0v) is 13.6. The molecule has 108 valence electrons. The van der Waals surface area contributed by atoms with E-state index in [1.165, 1.54) is 4.90 Å². The maximum Gasteiger partial charge on any atom is 0.411 e. The Hall–Kier alpha value is -0.370. The molecule has 19 heavy (non-hydrogen) atoms. The fourth-order valence-electron chi connectivity index (χ4n) is 3.07. The molecular weight excluding hydrogens is 361 g/mol. The molecule has 0 unspecified atom stereocenters. The fraction of sp³-hybridized carbons (Fsp3) is 0.846. The van der Waals surface area contributed by atoms with Gasteiger partial charge in [0, 0.05) is 22.6 Å². The van der Waals surface area contributed by atoms with Crippen LogP contribution in [-0.4, -0.2) is 43.7 Å². The normalized spacial score (nSPS) is 34.3. The standard InChI is InChI=1S/C13H20INO4/c1-13(2,3)19-12(18)15-8-5-4-7(6-9(8)16)10(15)11(14)17/h7-10,16H,4-6H2,1-3H3/t7-,8+,9+,10+/m1/s1. The van der Waals surface area contributed by atoms with Gasteiger partial charge in [-0.3, -0.25) is 9.69 Å². The van der Waals surface area contributed by atoms with E-state index in [0.29, 0.717) is 6.42 Å². The zero-order valence-electron chi connectivity index (χ0n) is 11.4. The van der Waals surface area contributed by atoms with Gasteiger partial charge in [0.05, 0.1) is 12.1 Å². The second kappa shape index (κ2) is 5.20. The van der Waals surface area contributed by atoms with Crippen molar-refractivity contribution in [2.24, 2.45) is 5.92 Å². The van der Waals surface area contributed by atoms with Crippen LogP contribution in [0.25, 0.3) is 0 Å². The minimum Gasteiger partial charge on any atom is -0.444 e. The molecule has 6 heteroatoms. The number of nitrogens with zero attached hydrogens (tertiary/aromatic N) is 1. The fourth-order valence-corrected chi connectivity index (χ4v) is 3.87. The minimum atomic E-state index is -0.600. The van der Waals surface area contributed by atoms with Crippen molar-refractivity contribution in [2.45, 2.75) is 63.8 Å². The van der Waals surface area contributed by atoms with E-state index in [1.54, 1.807) is 43.4 Å². The zero-order chi connectivity index (χ0) is 14.4. The quantitative estimate of drug-likeness (QED) is 0.558. The van der Waals surface area contributed by atoms with Gasteiger partial charge in [-0.05, 0) is 46.0 Å². The van der Waals surface area contributed by atoms with Gasteiger partial charge in [-0.2, -0.15) is 0 Å². The Morgan fingerprint density at radius 3 is 2.42 bits per heavy atom. The summed E-state index contributed by atoms with van der Waals surface area (Å²) in [4.78, 5) is 25.6. The minimum absolute atomic E-state index is 0.0509. The van der Waals surface area contributed by atoms with Crippen molar-refractivity contribution in [3.8, 4) is 0 Å². The largest absolute Gasteiger partial charge is 0.444 e. The van der Waals surface area contributed by atoms with Crippen molar-refractivity contribution in [1.82, 2.24) is 4.90 Å². The Bertz CT molecular complexity index is 393. The smallest absolute Gasteiger partial charge is 0.411 e. The Morgan fingerprint density at radius 2 is 1.95 bits per heavy atom. The summed E-state index contributed by atoms with van der Waals surface area (Å²) in [6, 6.07) is -0.735. The van der Waals surface area contributed by atoms with Crippen LogP contribution in [0.1, 0.15) is 40.0 Å². The number of halogens is 1. The number of carbonyl (C=O) groups excluding carboxylic acids is 2. The third kappa shape index (κ3) is 3.04. The van der Waals surface area contributed by atoms with Crippen molar-refractivity contribution in [2.75, 3.05) is 0 Å². The molecule has 2 aliphatic heterocycles. The SMILES string of the molecule is CC(C)(C)OC(=O)N1[C@H](C(=O)I)[C@@H]2CC[C@H]1[C@@H](O)C2. The predicted octanol–water partition coefficient (Wildman–Crippen LogP) is 2.10. The summed E-state index contributed by atoms with van der Waals surface area (Å²) in [5.74, 6) is 0.0527. The third-order valence-corrected chi connectivity index (χ3v) is 4.40. The van der Waals surface area contributed by atoms with Crippen molar-refractivity contribution in [1.29, 1.82) is 0 Å². The lowest BCUT2D eigenvalue weighted by Gasteiger charge is -2.51. The lowest BCUT2D eigenvalue weighted by Crippen LogP contribution is -2.65. The molecule has 2 bridgehead atoms. The summed E-state index contributed by atoms with van der Waals surface area (Å²) in [7, 11) is 0. The average Bonchev–Trinajstić information content (AvgIpc) is 2.25. The first kappa shape index (κ1) is 15.0. The van der Waals surface area contributed by atoms with Crippen molar-refractivity contribution >= 4 is 32.5 Å². The summed E-state index contributed by atoms with van der Waals surface area (Å²) in [5, 5.41) is 10.1. The van der Waals surface area contributed by atoms with Crippen molar-refractivity contribution < 1.29 is 19.4 Å². The lowest BCUT2D eigenvalue weighted by molar-refractivity contribution is -0.131. The van der Waals surface area contributed by atoms with Gasteiger partial charge >= 0.3 is 6.09 Å². The Balaban J connectivity index is 2.24. The summed E-state index contributed by atoms with van der Waals surface area (Å²) < 4.78 is 5.33. The topological polar surface area (TPSA) is 66.8 Å². The lowest BCUT2D eigenvalue weighted by atomic mass is 9.73. The molecule has 0 aromatic heterocycles. The highest BCUT2D eigenvalue weighted by molar-refractivity contribution is 14.1. The molecular formula is C13H20INO4. The highest BCUT2D eigenvalue weighted by Crippen LogP contribution is 2.41. The Kier molecular flexibility index (Phi) is 4.11. The van der Waals surface area contributed by atoms with Crippen LogP contribution in [0.3, 0.4) is 0 Å². The number of hydrogen-bond acceptors (Lipinski definition) is 4. The first-order valence-electron chi connectivity index (χ1n) is 6.59. The molecule has 3 aliphatic rings. The molecule has 0 aromatic carbocycles. The second-order valence-electron chi connectivity index (χ2n) is 6.34. The van der Waals surface area contributed by atoms with E-state index in [0.717, 1.165) is 12.8 Å². The second-order valence-corrected chi connectivity index (χ2v) is 7.41. The molecule has 0 spiro atoms. The first-order chi connectivity index (χ1) is 8.70. The number of hydrogen-bond donors (Lipinski definition) is 1. The molecule has 5 nitrogen and oxygen atoms in total. The number of carbonyl (C=O) groups is 2. The van der Waals surface area contributed by atoms with Crippen LogP contribution >= 0.6 is 22.6 Å². The van der Waals surface area contributed by atoms with E-state index >= 15 is 0 Å². The van der Waals surface area contributed by atoms with Gasteiger partial charge in [-0.1, -0.05) is 0 Å². The van der Waals surface area contributed by atoms with Gasteiger partial charge in [0.15, 0.2) is 0 Å². The molecule has 1 aliphatic carbocycles. The van der Waals surface area contributed by atoms with Crippen molar-refractivity contribution in [3.63, 3.8) is 0 Å². The van der Waals surface area contributed by atoms with E-state index in [-0.39, 0.29) is 15.7 Å². The number of aliphatic hydroxyl groups is 1. The number of fused-ring (bicyclic) bond motifs is 3. The van der Waals surface area contributed by atoms with Crippen LogP contribution in [-0.2, 0) is 9.53 Å². The molecule has 0 radical (unpaired) electrons. The number of piperidine rings is 2. The van der Waals surface area contributed by atoms with Crippen LogP contribution in [0, 0.1) is 5.92 Å². The summed E-state index contributed by atoms with van der Waals surface area (Å²) >= 11 is 1.74. The molecule has 2 saturated heterocycles. The highest BCUT2D eigenvalue weighted by atomic mass is 127. The van der Waals surface area contributed by atoms with Crippen LogP contribution < -0.4 is 0 Å². The van der Waals surface area contributed by atoms with Gasteiger partial charge in [0.1, 0.15) is 11.6 Å². The van der Waals surface area contributed by atoms with Gasteiger partial charge in [-0.15, -0.1) is 0 Å². The molecule has 0 aromatic rings. The highest BCUT2D eigenvalue weighted by Gasteiger charge is 2.51. The summed E-state index contributed by atoms with van der Waals surface area (Å²) in [5.41, 5.74) is -0.600. The average molecular weight is 381 g/mol. The monoisotopic (exact) mass is 381 g/mol. The van der Waals surface area contributed by atoms with Crippen molar-refractivity contribution in [3.05, 3.63) is 0 Å². The van der Waals surface area contributed by atoms with Gasteiger partial charge < -0.3 is 9.84 Å². The first-order valence-corrected chi connectivity index (χ1v) is 7.67. The Labute approximate surface area is 126 Å². The molecule has 1 saturated carbocycles. The molecule has 3 fully saturated rings. The van der Waals surface area contributed by atoms with Gasteiger partial charge in [0.2, 0.25) is 3.79 Å². The van der Waals surface area contributed by atoms with E-state index < -0.39 is 23.8 Å². The number of amides is 1. The van der Waals surface area contributed by atoms with Crippen LogP contribution in [0.2, 0.25) is 0 Å². The van der Waals surface area contributed by atoms with E-state index in [4.69, 9.17) is 4.74 Å². The third-order valence-electron chi connectivity index (χ3n) is 3.76. The molecule has 2 heterocycles. The predicted molar refractivity (Wildman–Crippen MR) is 78.0 cm³/mol. The number of aliphatic hydroxyl groups excluding tert-OH is 1. The van der Waals surface area contributed by atoms with E-state index in [9.17, 15) is 14.7 Å². The van der Waals surface area contributed by atoms with E-state index in [2.05, 4.69) is 0 Å². The number of ether oxygens (including phenoxy) is 1. The molecule has 4 atom stereocenters. The van der Waals surface area contributed by atoms with E-state index in [1.807, 2.05) is 0 Å². The van der Waals surface area contributed by atoms with Gasteiger partial charge in [0.25, 0.3) is 0 Å².